The lowest BCUT2D eigenvalue weighted by Gasteiger charge is -2.04. The molecule has 1 saturated heterocycles. The molecule has 1 aliphatic rings. The van der Waals surface area contributed by atoms with E-state index in [0.29, 0.717) is 0 Å². The van der Waals surface area contributed by atoms with Gasteiger partial charge in [-0.15, -0.1) is 0 Å². The van der Waals surface area contributed by atoms with Gasteiger partial charge in [0.2, 0.25) is 0 Å². The van der Waals surface area contributed by atoms with Crippen LogP contribution in [0, 0.1) is 0 Å². The summed E-state index contributed by atoms with van der Waals surface area (Å²) >= 11 is 0. The van der Waals surface area contributed by atoms with E-state index in [0.717, 1.165) is 19.5 Å². The number of nitrogens with one attached hydrogen (secondary N) is 1. The van der Waals surface area contributed by atoms with Crippen LogP contribution in [0.4, 0.5) is 0 Å². The quantitative estimate of drug-likeness (QED) is 0.688. The predicted octanol–water partition coefficient (Wildman–Crippen LogP) is 0.729. The van der Waals surface area contributed by atoms with Gasteiger partial charge in [0.1, 0.15) is 0 Å². The minimum atomic E-state index is -2.89. The largest absolute Gasteiger partial charge is 0.313 e. The van der Waals surface area contributed by atoms with Crippen LogP contribution in [-0.2, 0) is 9.84 Å². The number of sulfone groups is 1. The molecule has 13 heavy (non-hydrogen) atoms. The van der Waals surface area contributed by atoms with Gasteiger partial charge in [0.05, 0.1) is 11.0 Å². The van der Waals surface area contributed by atoms with Gasteiger partial charge in [-0.25, -0.2) is 8.42 Å². The van der Waals surface area contributed by atoms with Gasteiger partial charge in [0.25, 0.3) is 0 Å². The molecule has 1 aliphatic heterocycles. The number of rotatable bonds is 3. The van der Waals surface area contributed by atoms with E-state index < -0.39 is 9.84 Å². The molecule has 0 bridgehead atoms. The molecule has 1 N–H and O–H groups in total. The molecule has 0 unspecified atom stereocenters. The average Bonchev–Trinajstić information content (AvgIpc) is 2.52. The molecule has 0 atom stereocenters. The number of hydrogen-bond donors (Lipinski definition) is 1. The van der Waals surface area contributed by atoms with E-state index >= 15 is 0 Å². The molecular formula is C9H17NO2S. The van der Waals surface area contributed by atoms with Crippen molar-refractivity contribution < 1.29 is 8.42 Å². The van der Waals surface area contributed by atoms with Crippen molar-refractivity contribution in [2.45, 2.75) is 25.5 Å². The molecule has 0 amide bonds. The molecule has 0 radical (unpaired) electrons. The lowest BCUT2D eigenvalue weighted by Crippen LogP contribution is -2.16. The predicted molar refractivity (Wildman–Crippen MR) is 54.5 cm³/mol. The Morgan fingerprint density at radius 2 is 2.23 bits per heavy atom. The Balaban J connectivity index is 2.54. The average molecular weight is 203 g/mol. The molecule has 0 saturated carbocycles. The molecular weight excluding hydrogens is 186 g/mol. The van der Waals surface area contributed by atoms with Gasteiger partial charge >= 0.3 is 0 Å². The Kier molecular flexibility index (Phi) is 3.50. The Labute approximate surface area is 80.1 Å². The summed E-state index contributed by atoms with van der Waals surface area (Å²) < 4.78 is 22.8. The second-order valence-corrected chi connectivity index (χ2v) is 6.27. The lowest BCUT2D eigenvalue weighted by atomic mass is 10.2. The highest BCUT2D eigenvalue weighted by Crippen LogP contribution is 2.08. The molecule has 0 aromatic heterocycles. The summed E-state index contributed by atoms with van der Waals surface area (Å²) in [4.78, 5) is 0. The molecule has 0 aliphatic carbocycles. The SMILES string of the molecule is CC(C)S(=O)(=O)C/C=C1/CCNC1. The van der Waals surface area contributed by atoms with E-state index in [4.69, 9.17) is 0 Å². The first-order valence-electron chi connectivity index (χ1n) is 4.62. The van der Waals surface area contributed by atoms with E-state index in [2.05, 4.69) is 5.32 Å². The van der Waals surface area contributed by atoms with Crippen molar-refractivity contribution in [1.82, 2.24) is 5.32 Å². The van der Waals surface area contributed by atoms with Gasteiger partial charge in [0.15, 0.2) is 9.84 Å². The first kappa shape index (κ1) is 10.7. The smallest absolute Gasteiger partial charge is 0.156 e. The van der Waals surface area contributed by atoms with Crippen molar-refractivity contribution in [2.24, 2.45) is 0 Å². The van der Waals surface area contributed by atoms with E-state index in [1.54, 1.807) is 13.8 Å². The van der Waals surface area contributed by atoms with Crippen LogP contribution in [0.1, 0.15) is 20.3 Å². The second kappa shape index (κ2) is 4.24. The number of hydrogen-bond acceptors (Lipinski definition) is 3. The van der Waals surface area contributed by atoms with Crippen molar-refractivity contribution in [2.75, 3.05) is 18.8 Å². The van der Waals surface area contributed by atoms with Crippen LogP contribution in [0.15, 0.2) is 11.6 Å². The zero-order valence-corrected chi connectivity index (χ0v) is 9.02. The van der Waals surface area contributed by atoms with Crippen LogP contribution in [0.3, 0.4) is 0 Å². The van der Waals surface area contributed by atoms with Crippen LogP contribution in [0.2, 0.25) is 0 Å². The standard InChI is InChI=1S/C9H17NO2S/c1-8(2)13(11,12)6-4-9-3-5-10-7-9/h4,8,10H,3,5-7H2,1-2H3/b9-4-. The molecule has 4 heteroatoms. The topological polar surface area (TPSA) is 46.2 Å². The maximum absolute atomic E-state index is 11.4. The maximum atomic E-state index is 11.4. The second-order valence-electron chi connectivity index (χ2n) is 3.67. The molecule has 76 valence electrons. The molecule has 1 rings (SSSR count). The summed E-state index contributed by atoms with van der Waals surface area (Å²) in [5.41, 5.74) is 1.23. The third-order valence-electron chi connectivity index (χ3n) is 2.30. The summed E-state index contributed by atoms with van der Waals surface area (Å²) in [7, 11) is -2.89. The van der Waals surface area contributed by atoms with Crippen LogP contribution >= 0.6 is 0 Å². The Morgan fingerprint density at radius 3 is 2.69 bits per heavy atom. The van der Waals surface area contributed by atoms with Crippen molar-refractivity contribution in [3.05, 3.63) is 11.6 Å². The highest BCUT2D eigenvalue weighted by Gasteiger charge is 2.15. The normalized spacial score (nSPS) is 21.6. The van der Waals surface area contributed by atoms with E-state index in [1.165, 1.54) is 5.57 Å². The van der Waals surface area contributed by atoms with E-state index in [9.17, 15) is 8.42 Å². The zero-order chi connectivity index (χ0) is 9.90. The van der Waals surface area contributed by atoms with Crippen molar-refractivity contribution >= 4 is 9.84 Å². The fraction of sp³-hybridized carbons (Fsp3) is 0.778. The molecule has 0 aromatic rings. The molecule has 3 nitrogen and oxygen atoms in total. The van der Waals surface area contributed by atoms with Crippen LogP contribution < -0.4 is 5.32 Å². The summed E-state index contributed by atoms with van der Waals surface area (Å²) in [6.07, 6.45) is 2.85. The van der Waals surface area contributed by atoms with E-state index in [1.807, 2.05) is 6.08 Å². The van der Waals surface area contributed by atoms with Crippen LogP contribution in [0.5, 0.6) is 0 Å². The summed E-state index contributed by atoms with van der Waals surface area (Å²) in [6.45, 7) is 5.28. The maximum Gasteiger partial charge on any atom is 0.156 e. The zero-order valence-electron chi connectivity index (χ0n) is 8.21. The highest BCUT2D eigenvalue weighted by atomic mass is 32.2. The first-order valence-corrected chi connectivity index (χ1v) is 6.34. The van der Waals surface area contributed by atoms with Crippen LogP contribution in [-0.4, -0.2) is 32.5 Å². The van der Waals surface area contributed by atoms with Gasteiger partial charge < -0.3 is 5.32 Å². The summed E-state index contributed by atoms with van der Waals surface area (Å²) in [5, 5.41) is 2.91. The van der Waals surface area contributed by atoms with Gasteiger partial charge in [-0.05, 0) is 26.8 Å². The molecule has 0 spiro atoms. The molecule has 1 heterocycles. The third-order valence-corrected chi connectivity index (χ3v) is 4.37. The fourth-order valence-electron chi connectivity index (χ4n) is 1.19. The van der Waals surface area contributed by atoms with Crippen molar-refractivity contribution in [3.8, 4) is 0 Å². The highest BCUT2D eigenvalue weighted by molar-refractivity contribution is 7.92. The minimum absolute atomic E-state index is 0.196. The monoisotopic (exact) mass is 203 g/mol. The molecule has 1 fully saturated rings. The van der Waals surface area contributed by atoms with Gasteiger partial charge in [-0.1, -0.05) is 11.6 Å². The fourth-order valence-corrected chi connectivity index (χ4v) is 2.04. The molecule has 0 aromatic carbocycles. The van der Waals surface area contributed by atoms with Crippen molar-refractivity contribution in [1.29, 1.82) is 0 Å². The Hall–Kier alpha value is -0.350. The van der Waals surface area contributed by atoms with Crippen molar-refractivity contribution in [3.63, 3.8) is 0 Å². The van der Waals surface area contributed by atoms with Gasteiger partial charge in [-0.3, -0.25) is 0 Å². The van der Waals surface area contributed by atoms with Gasteiger partial charge in [-0.2, -0.15) is 0 Å². The first-order chi connectivity index (χ1) is 6.02. The lowest BCUT2D eigenvalue weighted by molar-refractivity contribution is 0.590. The van der Waals surface area contributed by atoms with Gasteiger partial charge in [0, 0.05) is 6.54 Å². The third kappa shape index (κ3) is 3.12. The summed E-state index contributed by atoms with van der Waals surface area (Å²) in [5.74, 6) is 0.196. The minimum Gasteiger partial charge on any atom is -0.313 e. The Bertz CT molecular complexity index is 283. The summed E-state index contributed by atoms with van der Waals surface area (Å²) in [6, 6.07) is 0. The van der Waals surface area contributed by atoms with Crippen LogP contribution in [0.25, 0.3) is 0 Å². The Morgan fingerprint density at radius 1 is 1.54 bits per heavy atom. The van der Waals surface area contributed by atoms with E-state index in [-0.39, 0.29) is 11.0 Å².